The number of hydrogen-bond acceptors (Lipinski definition) is 7. The average Bonchev–Trinajstić information content (AvgIpc) is 2.26. The van der Waals surface area contributed by atoms with Gasteiger partial charge in [-0.05, 0) is 5.92 Å². The molecule has 0 radical (unpaired) electrons. The monoisotopic (exact) mass is 268 g/mol. The van der Waals surface area contributed by atoms with Crippen LogP contribution >= 0.6 is 7.60 Å². The van der Waals surface area contributed by atoms with Gasteiger partial charge >= 0.3 is 7.60 Å². The molecule has 0 heterocycles. The van der Waals surface area contributed by atoms with Crippen LogP contribution in [0.3, 0.4) is 0 Å². The number of aliphatic hydroxyl groups excluding tert-OH is 1. The van der Waals surface area contributed by atoms with Gasteiger partial charge in [-0.25, -0.2) is 0 Å². The van der Waals surface area contributed by atoms with Gasteiger partial charge in [-0.15, -0.1) is 0 Å². The first-order chi connectivity index (χ1) is 7.81. The summed E-state index contributed by atoms with van der Waals surface area (Å²) in [6.45, 7) is 2.74. The smallest absolute Gasteiger partial charge is 0.344 e. The third-order valence-electron chi connectivity index (χ3n) is 2.36. The maximum absolute atomic E-state index is 11.9. The standard InChI is InChI=1S/C9H20NO6P/c1-7(2)8(9(12)13)10(5-11)6-17(14,15-3)16-4/h7-8,11H,5-6H2,1-4H3,(H,12,13)/p-1/t8-/m1/s1. The van der Waals surface area contributed by atoms with Gasteiger partial charge in [-0.3, -0.25) is 9.46 Å². The van der Waals surface area contributed by atoms with Crippen LogP contribution in [0.1, 0.15) is 13.8 Å². The summed E-state index contributed by atoms with van der Waals surface area (Å²) in [4.78, 5) is 12.1. The van der Waals surface area contributed by atoms with Gasteiger partial charge in [-0.1, -0.05) is 13.8 Å². The first-order valence-electron chi connectivity index (χ1n) is 5.07. The normalized spacial score (nSPS) is 14.3. The van der Waals surface area contributed by atoms with Crippen LogP contribution in [-0.2, 0) is 18.4 Å². The Balaban J connectivity index is 4.93. The zero-order valence-electron chi connectivity index (χ0n) is 10.5. The molecule has 1 N–H and O–H groups in total. The topological polar surface area (TPSA) is 99.1 Å². The molecule has 0 amide bonds. The largest absolute Gasteiger partial charge is 0.548 e. The van der Waals surface area contributed by atoms with Crippen molar-refractivity contribution in [2.45, 2.75) is 19.9 Å². The van der Waals surface area contributed by atoms with E-state index in [1.165, 1.54) is 14.2 Å². The van der Waals surface area contributed by atoms with E-state index in [1.54, 1.807) is 13.8 Å². The Morgan fingerprint density at radius 3 is 2.12 bits per heavy atom. The van der Waals surface area contributed by atoms with E-state index in [2.05, 4.69) is 0 Å². The van der Waals surface area contributed by atoms with Crippen molar-refractivity contribution < 1.29 is 28.6 Å². The van der Waals surface area contributed by atoms with Crippen LogP contribution in [0.2, 0.25) is 0 Å². The summed E-state index contributed by atoms with van der Waals surface area (Å²) in [6.07, 6.45) is -0.312. The molecular formula is C9H19NO6P-. The van der Waals surface area contributed by atoms with E-state index < -0.39 is 26.3 Å². The Morgan fingerprint density at radius 1 is 1.41 bits per heavy atom. The Hall–Kier alpha value is -0.460. The number of rotatable bonds is 8. The molecule has 0 aromatic heterocycles. The highest BCUT2D eigenvalue weighted by Gasteiger charge is 2.31. The highest BCUT2D eigenvalue weighted by atomic mass is 31.2. The molecule has 0 saturated heterocycles. The summed E-state index contributed by atoms with van der Waals surface area (Å²) in [5, 5.41) is 20.1. The molecule has 0 fully saturated rings. The summed E-state index contributed by atoms with van der Waals surface area (Å²) in [6, 6.07) is -1.06. The minimum atomic E-state index is -3.41. The number of carbonyl (C=O) groups is 1. The fourth-order valence-electron chi connectivity index (χ4n) is 1.48. The second kappa shape index (κ2) is 7.08. The Morgan fingerprint density at radius 2 is 1.88 bits per heavy atom. The molecule has 8 heteroatoms. The molecule has 0 rings (SSSR count). The Bertz CT molecular complexity index is 287. The van der Waals surface area contributed by atoms with Gasteiger partial charge in [0.2, 0.25) is 0 Å². The van der Waals surface area contributed by atoms with Crippen LogP contribution in [0.25, 0.3) is 0 Å². The van der Waals surface area contributed by atoms with Crippen molar-refractivity contribution in [2.75, 3.05) is 27.2 Å². The minimum Gasteiger partial charge on any atom is -0.548 e. The summed E-state index contributed by atoms with van der Waals surface area (Å²) in [5.41, 5.74) is 0. The molecular weight excluding hydrogens is 249 g/mol. The first kappa shape index (κ1) is 16.5. The van der Waals surface area contributed by atoms with E-state index in [4.69, 9.17) is 14.2 Å². The third kappa shape index (κ3) is 4.73. The lowest BCUT2D eigenvalue weighted by atomic mass is 10.0. The van der Waals surface area contributed by atoms with Crippen molar-refractivity contribution in [1.29, 1.82) is 0 Å². The number of hydrogen-bond donors (Lipinski definition) is 1. The molecule has 0 aliphatic rings. The zero-order valence-corrected chi connectivity index (χ0v) is 11.3. The van der Waals surface area contributed by atoms with Gasteiger partial charge in [-0.2, -0.15) is 0 Å². The highest BCUT2D eigenvalue weighted by molar-refractivity contribution is 7.53. The minimum absolute atomic E-state index is 0.311. The Labute approximate surface area is 101 Å². The lowest BCUT2D eigenvalue weighted by Gasteiger charge is -2.34. The third-order valence-corrected chi connectivity index (χ3v) is 4.18. The second-order valence-corrected chi connectivity index (χ2v) is 6.09. The van der Waals surface area contributed by atoms with Crippen LogP contribution in [0.4, 0.5) is 0 Å². The molecule has 0 aromatic carbocycles. The average molecular weight is 268 g/mol. The van der Waals surface area contributed by atoms with Crippen molar-refractivity contribution in [3.8, 4) is 0 Å². The van der Waals surface area contributed by atoms with Gasteiger partial charge in [0.1, 0.15) is 6.29 Å². The Kier molecular flexibility index (Phi) is 6.89. The molecule has 0 bridgehead atoms. The SMILES string of the molecule is COP(=O)(CN(CO)[C@@H](C(=O)[O-])C(C)C)OC. The van der Waals surface area contributed by atoms with Crippen LogP contribution in [0, 0.1) is 5.92 Å². The van der Waals surface area contributed by atoms with Crippen molar-refractivity contribution in [2.24, 2.45) is 5.92 Å². The van der Waals surface area contributed by atoms with Crippen molar-refractivity contribution in [1.82, 2.24) is 4.90 Å². The van der Waals surface area contributed by atoms with Crippen molar-refractivity contribution in [3.05, 3.63) is 0 Å². The lowest BCUT2D eigenvalue weighted by molar-refractivity contribution is -0.313. The molecule has 7 nitrogen and oxygen atoms in total. The molecule has 1 atom stereocenters. The van der Waals surface area contributed by atoms with Gasteiger partial charge in [0.05, 0.1) is 18.7 Å². The quantitative estimate of drug-likeness (QED) is 0.466. The number of aliphatic carboxylic acids is 1. The van der Waals surface area contributed by atoms with Gasteiger partial charge in [0, 0.05) is 14.2 Å². The maximum Gasteiger partial charge on any atom is 0.344 e. The molecule has 102 valence electrons. The molecule has 0 aliphatic carbocycles. The predicted octanol–water partition coefficient (Wildman–Crippen LogP) is -0.544. The molecule has 0 aliphatic heterocycles. The predicted molar refractivity (Wildman–Crippen MR) is 59.0 cm³/mol. The second-order valence-electron chi connectivity index (χ2n) is 3.86. The molecule has 0 unspecified atom stereocenters. The van der Waals surface area contributed by atoms with E-state index >= 15 is 0 Å². The fraction of sp³-hybridized carbons (Fsp3) is 0.889. The molecule has 0 aromatic rings. The molecule has 17 heavy (non-hydrogen) atoms. The number of aliphatic hydroxyl groups is 1. The van der Waals surface area contributed by atoms with Gasteiger partial charge in [0.25, 0.3) is 0 Å². The number of carboxylic acids is 1. The first-order valence-corrected chi connectivity index (χ1v) is 6.80. The van der Waals surface area contributed by atoms with E-state index in [9.17, 15) is 14.5 Å². The van der Waals surface area contributed by atoms with E-state index in [0.717, 1.165) is 4.90 Å². The number of carboxylic acid groups (broad SMARTS) is 1. The maximum atomic E-state index is 11.9. The molecule has 0 saturated carbocycles. The number of nitrogens with zero attached hydrogens (tertiary/aromatic N) is 1. The lowest BCUT2D eigenvalue weighted by Crippen LogP contribution is -2.51. The van der Waals surface area contributed by atoms with E-state index in [1.807, 2.05) is 0 Å². The number of carbonyl (C=O) groups excluding carboxylic acids is 1. The molecule has 0 spiro atoms. The summed E-state index contributed by atoms with van der Waals surface area (Å²) in [7, 11) is -1.02. The summed E-state index contributed by atoms with van der Waals surface area (Å²) < 4.78 is 21.3. The van der Waals surface area contributed by atoms with Gasteiger partial charge in [0.15, 0.2) is 0 Å². The fourth-order valence-corrected chi connectivity index (χ4v) is 2.57. The van der Waals surface area contributed by atoms with Crippen molar-refractivity contribution in [3.63, 3.8) is 0 Å². The zero-order chi connectivity index (χ0) is 13.6. The van der Waals surface area contributed by atoms with Crippen LogP contribution < -0.4 is 5.11 Å². The van der Waals surface area contributed by atoms with Crippen LogP contribution in [-0.4, -0.2) is 49.3 Å². The van der Waals surface area contributed by atoms with Crippen LogP contribution in [0.15, 0.2) is 0 Å². The van der Waals surface area contributed by atoms with Gasteiger partial charge < -0.3 is 24.1 Å². The van der Waals surface area contributed by atoms with E-state index in [-0.39, 0.29) is 12.2 Å². The highest BCUT2D eigenvalue weighted by Crippen LogP contribution is 2.47. The van der Waals surface area contributed by atoms with Crippen LogP contribution in [0.5, 0.6) is 0 Å². The summed E-state index contributed by atoms with van der Waals surface area (Å²) >= 11 is 0. The van der Waals surface area contributed by atoms with E-state index in [0.29, 0.717) is 0 Å². The summed E-state index contributed by atoms with van der Waals surface area (Å²) in [5.74, 6) is -1.65. The van der Waals surface area contributed by atoms with Crippen molar-refractivity contribution >= 4 is 13.6 Å².